The zero-order chi connectivity index (χ0) is 16.8. The first-order valence-corrected chi connectivity index (χ1v) is 7.61. The van der Waals surface area contributed by atoms with Crippen molar-refractivity contribution >= 4 is 29.9 Å². The Morgan fingerprint density at radius 1 is 1.04 bits per heavy atom. The van der Waals surface area contributed by atoms with Crippen LogP contribution in [0.2, 0.25) is 0 Å². The number of benzene rings is 1. The van der Waals surface area contributed by atoms with Crippen molar-refractivity contribution in [1.29, 1.82) is 0 Å². The van der Waals surface area contributed by atoms with Gasteiger partial charge in [-0.25, -0.2) is 0 Å². The Labute approximate surface area is 160 Å². The third kappa shape index (κ3) is 4.79. The van der Waals surface area contributed by atoms with Gasteiger partial charge in [0.2, 0.25) is 5.75 Å². The third-order valence-electron chi connectivity index (χ3n) is 4.06. The summed E-state index contributed by atoms with van der Waals surface area (Å²) in [7, 11) is 6.59. The van der Waals surface area contributed by atoms with E-state index in [2.05, 4.69) is 14.8 Å². The number of piperazine rings is 1. The van der Waals surface area contributed by atoms with Crippen LogP contribution in [0.15, 0.2) is 17.1 Å². The highest BCUT2D eigenvalue weighted by Gasteiger charge is 2.20. The van der Waals surface area contributed by atoms with E-state index >= 15 is 0 Å². The molecule has 1 aromatic rings. The van der Waals surface area contributed by atoms with E-state index in [9.17, 15) is 0 Å². The molecule has 8 heteroatoms. The van der Waals surface area contributed by atoms with Crippen molar-refractivity contribution in [2.45, 2.75) is 6.54 Å². The zero-order valence-corrected chi connectivity index (χ0v) is 17.1. The molecule has 0 radical (unpaired) electrons. The van der Waals surface area contributed by atoms with E-state index in [1.165, 1.54) is 0 Å². The predicted molar refractivity (Wildman–Crippen MR) is 106 cm³/mol. The number of methoxy groups -OCH3 is 3. The van der Waals surface area contributed by atoms with Crippen molar-refractivity contribution in [3.05, 3.63) is 17.7 Å². The average molecular weight is 450 g/mol. The monoisotopic (exact) mass is 450 g/mol. The van der Waals surface area contributed by atoms with E-state index < -0.39 is 0 Å². The Morgan fingerprint density at radius 2 is 1.58 bits per heavy atom. The maximum Gasteiger partial charge on any atom is 0.203 e. The van der Waals surface area contributed by atoms with Gasteiger partial charge < -0.3 is 24.8 Å². The lowest BCUT2D eigenvalue weighted by Gasteiger charge is -2.35. The summed E-state index contributed by atoms with van der Waals surface area (Å²) in [5, 5.41) is 0. The Kier molecular flexibility index (Phi) is 8.40. The molecular formula is C16H27IN4O3. The Hall–Kier alpha value is -1.42. The van der Waals surface area contributed by atoms with E-state index in [1.807, 2.05) is 12.1 Å². The summed E-state index contributed by atoms with van der Waals surface area (Å²) < 4.78 is 16.2. The highest BCUT2D eigenvalue weighted by molar-refractivity contribution is 14.0. The summed E-state index contributed by atoms with van der Waals surface area (Å²) >= 11 is 0. The van der Waals surface area contributed by atoms with Gasteiger partial charge >= 0.3 is 0 Å². The average Bonchev–Trinajstić information content (AvgIpc) is 2.60. The predicted octanol–water partition coefficient (Wildman–Crippen LogP) is 1.39. The van der Waals surface area contributed by atoms with Gasteiger partial charge in [0, 0.05) is 39.8 Å². The lowest BCUT2D eigenvalue weighted by atomic mass is 10.1. The summed E-state index contributed by atoms with van der Waals surface area (Å²) in [6.07, 6.45) is 0. The first-order valence-electron chi connectivity index (χ1n) is 7.61. The summed E-state index contributed by atoms with van der Waals surface area (Å²) in [4.78, 5) is 8.52. The van der Waals surface area contributed by atoms with Gasteiger partial charge in [0.15, 0.2) is 17.5 Å². The van der Waals surface area contributed by atoms with Gasteiger partial charge in [0.1, 0.15) is 0 Å². The van der Waals surface area contributed by atoms with Crippen LogP contribution in [-0.4, -0.2) is 70.3 Å². The van der Waals surface area contributed by atoms with E-state index in [1.54, 1.807) is 28.4 Å². The number of aliphatic imine (C=N–C) groups is 1. The van der Waals surface area contributed by atoms with E-state index in [-0.39, 0.29) is 24.0 Å². The first kappa shape index (κ1) is 20.6. The van der Waals surface area contributed by atoms with Crippen LogP contribution >= 0.6 is 24.0 Å². The van der Waals surface area contributed by atoms with Crippen LogP contribution in [0.3, 0.4) is 0 Å². The molecule has 2 N–H and O–H groups in total. The molecule has 0 unspecified atom stereocenters. The van der Waals surface area contributed by atoms with Gasteiger partial charge in [-0.1, -0.05) is 0 Å². The second kappa shape index (κ2) is 9.77. The smallest absolute Gasteiger partial charge is 0.203 e. The molecule has 0 amide bonds. The molecule has 1 aliphatic rings. The highest BCUT2D eigenvalue weighted by Crippen LogP contribution is 2.38. The Bertz CT molecular complexity index is 535. The SMILES string of the molecule is CN=C(N)N1CCN(Cc2cc(OC)c(OC)c(OC)c2)CC1.I. The maximum atomic E-state index is 5.86. The largest absolute Gasteiger partial charge is 0.493 e. The van der Waals surface area contributed by atoms with E-state index in [0.29, 0.717) is 23.2 Å². The first-order chi connectivity index (χ1) is 11.1. The summed E-state index contributed by atoms with van der Waals surface area (Å²) in [5.41, 5.74) is 6.99. The molecule has 0 spiro atoms. The van der Waals surface area contributed by atoms with Crippen molar-refractivity contribution in [2.75, 3.05) is 54.6 Å². The molecule has 24 heavy (non-hydrogen) atoms. The second-order valence-corrected chi connectivity index (χ2v) is 5.38. The fourth-order valence-electron chi connectivity index (χ4n) is 2.76. The van der Waals surface area contributed by atoms with Crippen LogP contribution in [0, 0.1) is 0 Å². The minimum atomic E-state index is 0. The molecule has 7 nitrogen and oxygen atoms in total. The topological polar surface area (TPSA) is 72.6 Å². The molecule has 0 bridgehead atoms. The molecule has 1 saturated heterocycles. The van der Waals surface area contributed by atoms with Gasteiger partial charge in [-0.3, -0.25) is 9.89 Å². The Balaban J connectivity index is 0.00000288. The summed E-state index contributed by atoms with van der Waals surface area (Å²) in [6.45, 7) is 4.47. The van der Waals surface area contributed by atoms with Crippen molar-refractivity contribution in [3.63, 3.8) is 0 Å². The van der Waals surface area contributed by atoms with Gasteiger partial charge in [0.05, 0.1) is 21.3 Å². The molecule has 1 aliphatic heterocycles. The molecular weight excluding hydrogens is 423 g/mol. The van der Waals surface area contributed by atoms with Crippen LogP contribution in [0.4, 0.5) is 0 Å². The number of rotatable bonds is 5. The van der Waals surface area contributed by atoms with Crippen LogP contribution in [-0.2, 0) is 6.54 Å². The standard InChI is InChI=1S/C16H26N4O3.HI/c1-18-16(17)20-7-5-19(6-8-20)11-12-9-13(21-2)15(23-4)14(10-12)22-3;/h9-10H,5-8,11H2,1-4H3,(H2,17,18);1H. The number of guanidine groups is 1. The van der Waals surface area contributed by atoms with Crippen molar-refractivity contribution in [2.24, 2.45) is 10.7 Å². The molecule has 1 heterocycles. The number of nitrogens with two attached hydrogens (primary N) is 1. The number of halogens is 1. The highest BCUT2D eigenvalue weighted by atomic mass is 127. The lowest BCUT2D eigenvalue weighted by molar-refractivity contribution is 0.174. The van der Waals surface area contributed by atoms with Crippen LogP contribution in [0.1, 0.15) is 5.56 Å². The van der Waals surface area contributed by atoms with Crippen molar-refractivity contribution < 1.29 is 14.2 Å². The maximum absolute atomic E-state index is 5.86. The van der Waals surface area contributed by atoms with Gasteiger partial charge in [-0.05, 0) is 17.7 Å². The Morgan fingerprint density at radius 3 is 2.00 bits per heavy atom. The van der Waals surface area contributed by atoms with Crippen LogP contribution < -0.4 is 19.9 Å². The van der Waals surface area contributed by atoms with E-state index in [4.69, 9.17) is 19.9 Å². The molecule has 0 aromatic heterocycles. The van der Waals surface area contributed by atoms with E-state index in [0.717, 1.165) is 38.3 Å². The van der Waals surface area contributed by atoms with Crippen molar-refractivity contribution in [1.82, 2.24) is 9.80 Å². The normalized spacial score (nSPS) is 15.7. The van der Waals surface area contributed by atoms with Gasteiger partial charge in [-0.15, -0.1) is 24.0 Å². The number of hydrogen-bond donors (Lipinski definition) is 1. The summed E-state index contributed by atoms with van der Waals surface area (Å²) in [6, 6.07) is 3.99. The molecule has 0 atom stereocenters. The number of nitrogens with zero attached hydrogens (tertiary/aromatic N) is 3. The quantitative estimate of drug-likeness (QED) is 0.416. The minimum Gasteiger partial charge on any atom is -0.493 e. The minimum absolute atomic E-state index is 0. The van der Waals surface area contributed by atoms with Gasteiger partial charge in [-0.2, -0.15) is 0 Å². The fourth-order valence-corrected chi connectivity index (χ4v) is 2.76. The third-order valence-corrected chi connectivity index (χ3v) is 4.06. The number of ether oxygens (including phenoxy) is 3. The molecule has 136 valence electrons. The molecule has 0 aliphatic carbocycles. The number of hydrogen-bond acceptors (Lipinski definition) is 5. The molecule has 0 saturated carbocycles. The van der Waals surface area contributed by atoms with Crippen LogP contribution in [0.5, 0.6) is 17.2 Å². The van der Waals surface area contributed by atoms with Crippen molar-refractivity contribution in [3.8, 4) is 17.2 Å². The molecule has 1 aromatic carbocycles. The second-order valence-electron chi connectivity index (χ2n) is 5.38. The molecule has 1 fully saturated rings. The zero-order valence-electron chi connectivity index (χ0n) is 14.7. The van der Waals surface area contributed by atoms with Gasteiger partial charge in [0.25, 0.3) is 0 Å². The molecule has 2 rings (SSSR count). The lowest BCUT2D eigenvalue weighted by Crippen LogP contribution is -2.50. The summed E-state index contributed by atoms with van der Waals surface area (Å²) in [5.74, 6) is 2.60. The fraction of sp³-hybridized carbons (Fsp3) is 0.562. The van der Waals surface area contributed by atoms with Crippen LogP contribution in [0.25, 0.3) is 0 Å².